The molecular weight excluding hydrogens is 461 g/mol. The number of carbonyl (C=O) groups excluding carboxylic acids is 1. The standard InChI is InChI=1S/C18H16Cl3N3O4S/c19-18(20,21)16(23-14(25)10-28-13-7-2-1-3-8-13)24-17(29)22-12-6-4-5-11(9-12)15(26)27/h1-9,16H,10H2,(H,23,25)(H,26,27)(H2,22,24,29). The predicted molar refractivity (Wildman–Crippen MR) is 117 cm³/mol. The molecular formula is C18H16Cl3N3O4S. The SMILES string of the molecule is O=C(COc1ccccc1)NC(NC(=S)Nc1cccc(C(=O)O)c1)C(Cl)(Cl)Cl. The number of alkyl halides is 3. The van der Waals surface area contributed by atoms with E-state index in [0.29, 0.717) is 11.4 Å². The number of carbonyl (C=O) groups is 2. The van der Waals surface area contributed by atoms with Gasteiger partial charge in [-0.3, -0.25) is 4.79 Å². The number of hydrogen-bond acceptors (Lipinski definition) is 4. The van der Waals surface area contributed by atoms with E-state index in [1.807, 2.05) is 6.07 Å². The van der Waals surface area contributed by atoms with E-state index in [2.05, 4.69) is 16.0 Å². The molecule has 0 bridgehead atoms. The molecule has 0 aliphatic heterocycles. The second kappa shape index (κ2) is 10.5. The molecule has 29 heavy (non-hydrogen) atoms. The topological polar surface area (TPSA) is 99.7 Å². The number of anilines is 1. The predicted octanol–water partition coefficient (Wildman–Crippen LogP) is 3.56. The monoisotopic (exact) mass is 475 g/mol. The molecule has 11 heteroatoms. The average molecular weight is 477 g/mol. The van der Waals surface area contributed by atoms with Gasteiger partial charge in [-0.15, -0.1) is 0 Å². The minimum atomic E-state index is -1.93. The highest BCUT2D eigenvalue weighted by atomic mass is 35.6. The van der Waals surface area contributed by atoms with Gasteiger partial charge in [0.1, 0.15) is 11.9 Å². The number of nitrogens with one attached hydrogen (secondary N) is 3. The zero-order chi connectivity index (χ0) is 21.4. The van der Waals surface area contributed by atoms with Gasteiger partial charge >= 0.3 is 5.97 Å². The third kappa shape index (κ3) is 7.94. The third-order valence-electron chi connectivity index (χ3n) is 3.39. The van der Waals surface area contributed by atoms with Gasteiger partial charge < -0.3 is 25.8 Å². The van der Waals surface area contributed by atoms with E-state index in [9.17, 15) is 9.59 Å². The molecule has 0 aliphatic carbocycles. The van der Waals surface area contributed by atoms with E-state index < -0.39 is 21.8 Å². The molecule has 2 aromatic rings. The van der Waals surface area contributed by atoms with Crippen molar-refractivity contribution in [3.63, 3.8) is 0 Å². The molecule has 0 saturated heterocycles. The van der Waals surface area contributed by atoms with Gasteiger partial charge in [0.25, 0.3) is 5.91 Å². The van der Waals surface area contributed by atoms with E-state index in [1.54, 1.807) is 36.4 Å². The summed E-state index contributed by atoms with van der Waals surface area (Å²) < 4.78 is 3.41. The molecule has 0 spiro atoms. The van der Waals surface area contributed by atoms with Gasteiger partial charge in [-0.25, -0.2) is 4.79 Å². The van der Waals surface area contributed by atoms with Crippen LogP contribution >= 0.6 is 47.0 Å². The molecule has 0 radical (unpaired) electrons. The highest BCUT2D eigenvalue weighted by Gasteiger charge is 2.34. The lowest BCUT2D eigenvalue weighted by molar-refractivity contribution is -0.123. The maximum Gasteiger partial charge on any atom is 0.335 e. The van der Waals surface area contributed by atoms with Crippen molar-refractivity contribution in [3.8, 4) is 5.75 Å². The molecule has 0 aromatic heterocycles. The first kappa shape index (κ1) is 23.0. The lowest BCUT2D eigenvalue weighted by atomic mass is 10.2. The van der Waals surface area contributed by atoms with Crippen LogP contribution in [0.3, 0.4) is 0 Å². The summed E-state index contributed by atoms with van der Waals surface area (Å²) in [6, 6.07) is 14.7. The van der Waals surface area contributed by atoms with Crippen LogP contribution in [0, 0.1) is 0 Å². The van der Waals surface area contributed by atoms with Crippen LogP contribution < -0.4 is 20.7 Å². The maximum atomic E-state index is 12.2. The fourth-order valence-corrected chi connectivity index (χ4v) is 2.66. The van der Waals surface area contributed by atoms with E-state index in [4.69, 9.17) is 56.9 Å². The number of amides is 1. The smallest absolute Gasteiger partial charge is 0.335 e. The Labute approximate surface area is 187 Å². The van der Waals surface area contributed by atoms with Crippen molar-refractivity contribution >= 4 is 69.7 Å². The van der Waals surface area contributed by atoms with Crippen molar-refractivity contribution in [1.82, 2.24) is 10.6 Å². The first-order chi connectivity index (χ1) is 13.6. The number of carboxylic acid groups (broad SMARTS) is 1. The first-order valence-electron chi connectivity index (χ1n) is 8.10. The Morgan fingerprint density at radius 3 is 2.38 bits per heavy atom. The van der Waals surface area contributed by atoms with Crippen molar-refractivity contribution in [1.29, 1.82) is 0 Å². The van der Waals surface area contributed by atoms with Gasteiger partial charge in [-0.05, 0) is 42.5 Å². The summed E-state index contributed by atoms with van der Waals surface area (Å²) in [4.78, 5) is 23.2. The summed E-state index contributed by atoms with van der Waals surface area (Å²) in [6.07, 6.45) is -1.18. The minimum absolute atomic E-state index is 0.00754. The van der Waals surface area contributed by atoms with E-state index >= 15 is 0 Å². The molecule has 4 N–H and O–H groups in total. The largest absolute Gasteiger partial charge is 0.484 e. The summed E-state index contributed by atoms with van der Waals surface area (Å²) in [5.41, 5.74) is 0.478. The lowest BCUT2D eigenvalue weighted by Crippen LogP contribution is -2.56. The molecule has 2 aromatic carbocycles. The van der Waals surface area contributed by atoms with Gasteiger partial charge in [0.15, 0.2) is 11.7 Å². The van der Waals surface area contributed by atoms with Crippen LogP contribution in [0.4, 0.5) is 5.69 Å². The van der Waals surface area contributed by atoms with Crippen molar-refractivity contribution < 1.29 is 19.4 Å². The van der Waals surface area contributed by atoms with Crippen LogP contribution in [0.15, 0.2) is 54.6 Å². The third-order valence-corrected chi connectivity index (χ3v) is 4.26. The quantitative estimate of drug-likeness (QED) is 0.275. The van der Waals surface area contributed by atoms with Gasteiger partial charge in [-0.2, -0.15) is 0 Å². The van der Waals surface area contributed by atoms with Gasteiger partial charge in [0, 0.05) is 5.69 Å². The van der Waals surface area contributed by atoms with Crippen LogP contribution in [0.2, 0.25) is 0 Å². The fourth-order valence-electron chi connectivity index (χ4n) is 2.10. The number of rotatable bonds is 7. The van der Waals surface area contributed by atoms with Crippen LogP contribution in [0.1, 0.15) is 10.4 Å². The Balaban J connectivity index is 1.95. The molecule has 1 amide bonds. The Bertz CT molecular complexity index is 878. The van der Waals surface area contributed by atoms with Gasteiger partial charge in [0.2, 0.25) is 3.79 Å². The maximum absolute atomic E-state index is 12.2. The summed E-state index contributed by atoms with van der Waals surface area (Å²) in [6.45, 7) is -0.302. The minimum Gasteiger partial charge on any atom is -0.484 e. The van der Waals surface area contributed by atoms with Crippen molar-refractivity contribution in [2.24, 2.45) is 0 Å². The Hall–Kier alpha value is -2.26. The highest BCUT2D eigenvalue weighted by molar-refractivity contribution is 7.80. The lowest BCUT2D eigenvalue weighted by Gasteiger charge is -2.27. The second-order valence-corrected chi connectivity index (χ2v) is 8.41. The van der Waals surface area contributed by atoms with E-state index in [1.165, 1.54) is 12.1 Å². The van der Waals surface area contributed by atoms with Crippen molar-refractivity contribution in [2.45, 2.75) is 9.96 Å². The number of thiocarbonyl (C=S) groups is 1. The number of hydrogen-bond donors (Lipinski definition) is 4. The zero-order valence-corrected chi connectivity index (χ0v) is 17.8. The molecule has 0 fully saturated rings. The molecule has 154 valence electrons. The zero-order valence-electron chi connectivity index (χ0n) is 14.7. The molecule has 0 saturated carbocycles. The molecule has 1 unspecified atom stereocenters. The van der Waals surface area contributed by atoms with Crippen LogP contribution in [-0.2, 0) is 4.79 Å². The summed E-state index contributed by atoms with van der Waals surface area (Å²) in [7, 11) is 0. The summed E-state index contributed by atoms with van der Waals surface area (Å²) >= 11 is 22.9. The Kier molecular flexibility index (Phi) is 8.33. The number of carboxylic acids is 1. The number of ether oxygens (including phenoxy) is 1. The average Bonchev–Trinajstić information content (AvgIpc) is 2.66. The molecule has 0 heterocycles. The van der Waals surface area contributed by atoms with Crippen LogP contribution in [0.25, 0.3) is 0 Å². The molecule has 1 atom stereocenters. The highest BCUT2D eigenvalue weighted by Crippen LogP contribution is 2.29. The van der Waals surface area contributed by atoms with E-state index in [-0.39, 0.29) is 17.3 Å². The first-order valence-corrected chi connectivity index (χ1v) is 9.64. The van der Waals surface area contributed by atoms with Gasteiger partial charge in [-0.1, -0.05) is 59.1 Å². The fraction of sp³-hybridized carbons (Fsp3) is 0.167. The Morgan fingerprint density at radius 1 is 1.07 bits per heavy atom. The van der Waals surface area contributed by atoms with Gasteiger partial charge in [0.05, 0.1) is 5.56 Å². The summed E-state index contributed by atoms with van der Waals surface area (Å²) in [5.74, 6) is -1.12. The second-order valence-electron chi connectivity index (χ2n) is 5.63. The molecule has 2 rings (SSSR count). The van der Waals surface area contributed by atoms with Crippen LogP contribution in [-0.4, -0.2) is 38.7 Å². The van der Waals surface area contributed by atoms with E-state index in [0.717, 1.165) is 0 Å². The van der Waals surface area contributed by atoms with Crippen molar-refractivity contribution in [2.75, 3.05) is 11.9 Å². The van der Waals surface area contributed by atoms with Crippen molar-refractivity contribution in [3.05, 3.63) is 60.2 Å². The molecule has 0 aliphatic rings. The normalized spacial score (nSPS) is 11.8. The number of halogens is 3. The molecule has 7 nitrogen and oxygen atoms in total. The van der Waals surface area contributed by atoms with Crippen LogP contribution in [0.5, 0.6) is 5.75 Å². The summed E-state index contributed by atoms with van der Waals surface area (Å²) in [5, 5.41) is 17.0. The number of aromatic carboxylic acids is 1. The number of para-hydroxylation sites is 1. The number of benzene rings is 2. The Morgan fingerprint density at radius 2 is 1.76 bits per heavy atom.